The van der Waals surface area contributed by atoms with Gasteiger partial charge in [-0.25, -0.2) is 0 Å². The van der Waals surface area contributed by atoms with Crippen LogP contribution in [0.1, 0.15) is 19.8 Å². The Labute approximate surface area is 88.0 Å². The lowest BCUT2D eigenvalue weighted by atomic mass is 10.1. The number of likely N-dealkylation sites (tertiary alicyclic amines) is 1. The number of amides is 1. The summed E-state index contributed by atoms with van der Waals surface area (Å²) in [6.45, 7) is 4.92. The largest absolute Gasteiger partial charge is 0.354 e. The number of halogens is 1. The Morgan fingerprint density at radius 2 is 2.15 bits per heavy atom. The molecule has 0 saturated carbocycles. The van der Waals surface area contributed by atoms with Crippen molar-refractivity contribution in [2.75, 3.05) is 25.0 Å². The summed E-state index contributed by atoms with van der Waals surface area (Å²) in [5.41, 5.74) is 0. The van der Waals surface area contributed by atoms with E-state index in [-0.39, 0.29) is 5.91 Å². The fraction of sp³-hybridized carbons (Fsp3) is 0.889. The van der Waals surface area contributed by atoms with Crippen molar-refractivity contribution in [3.05, 3.63) is 0 Å². The third kappa shape index (κ3) is 4.09. The number of rotatable bonds is 3. The monoisotopic (exact) mass is 248 g/mol. The van der Waals surface area contributed by atoms with E-state index in [9.17, 15) is 4.79 Å². The lowest BCUT2D eigenvalue weighted by Crippen LogP contribution is -2.44. The van der Waals surface area contributed by atoms with Gasteiger partial charge in [0.1, 0.15) is 0 Å². The molecule has 0 unspecified atom stereocenters. The summed E-state index contributed by atoms with van der Waals surface area (Å²) in [5.74, 6) is 0.0962. The third-order valence-electron chi connectivity index (χ3n) is 2.40. The van der Waals surface area contributed by atoms with Crippen LogP contribution in [0.3, 0.4) is 0 Å². The Hall–Kier alpha value is -0.0900. The Kier molecular flexibility index (Phi) is 4.73. The minimum absolute atomic E-state index is 0.0962. The first-order chi connectivity index (χ1) is 6.22. The van der Waals surface area contributed by atoms with Crippen molar-refractivity contribution in [1.82, 2.24) is 10.2 Å². The number of alkyl halides is 1. The Morgan fingerprint density at radius 3 is 2.62 bits per heavy atom. The number of carbonyl (C=O) groups excluding carboxylic acids is 1. The molecular formula is C9H17BrN2O. The van der Waals surface area contributed by atoms with Gasteiger partial charge in [0.15, 0.2) is 0 Å². The normalized spacial score (nSPS) is 20.2. The highest BCUT2D eigenvalue weighted by molar-refractivity contribution is 9.09. The molecule has 1 N–H and O–H groups in total. The summed E-state index contributed by atoms with van der Waals surface area (Å²) >= 11 is 3.43. The van der Waals surface area contributed by atoms with E-state index in [4.69, 9.17) is 0 Å². The zero-order chi connectivity index (χ0) is 9.68. The van der Waals surface area contributed by atoms with Crippen LogP contribution >= 0.6 is 15.9 Å². The predicted molar refractivity (Wildman–Crippen MR) is 57.1 cm³/mol. The molecule has 0 bridgehead atoms. The second-order valence-electron chi connectivity index (χ2n) is 3.51. The summed E-state index contributed by atoms with van der Waals surface area (Å²) in [5, 5.41) is 4.01. The number of hydrogen-bond acceptors (Lipinski definition) is 2. The Bertz CT molecular complexity index is 167. The van der Waals surface area contributed by atoms with Crippen LogP contribution in [-0.4, -0.2) is 41.8 Å². The van der Waals surface area contributed by atoms with E-state index in [0.717, 1.165) is 37.8 Å². The van der Waals surface area contributed by atoms with Crippen molar-refractivity contribution < 1.29 is 4.79 Å². The number of hydrogen-bond donors (Lipinski definition) is 1. The van der Waals surface area contributed by atoms with Gasteiger partial charge in [-0.2, -0.15) is 0 Å². The number of nitrogens with one attached hydrogen (secondary N) is 1. The molecule has 0 aromatic carbocycles. The molecule has 3 nitrogen and oxygen atoms in total. The summed E-state index contributed by atoms with van der Waals surface area (Å²) in [6.07, 6.45) is 2.18. The minimum Gasteiger partial charge on any atom is -0.354 e. The lowest BCUT2D eigenvalue weighted by molar-refractivity contribution is -0.119. The van der Waals surface area contributed by atoms with Crippen LogP contribution in [0.5, 0.6) is 0 Å². The van der Waals surface area contributed by atoms with Crippen molar-refractivity contribution in [2.45, 2.75) is 25.8 Å². The van der Waals surface area contributed by atoms with Gasteiger partial charge < -0.3 is 10.2 Å². The molecule has 1 fully saturated rings. The van der Waals surface area contributed by atoms with Gasteiger partial charge in [0.05, 0.1) is 0 Å². The zero-order valence-corrected chi connectivity index (χ0v) is 9.64. The van der Waals surface area contributed by atoms with Crippen LogP contribution in [0.15, 0.2) is 0 Å². The van der Waals surface area contributed by atoms with Gasteiger partial charge in [-0.05, 0) is 12.8 Å². The molecule has 1 saturated heterocycles. The molecule has 1 heterocycles. The molecule has 76 valence electrons. The zero-order valence-electron chi connectivity index (χ0n) is 8.05. The first-order valence-corrected chi connectivity index (χ1v) is 5.90. The van der Waals surface area contributed by atoms with E-state index in [2.05, 4.69) is 26.1 Å². The van der Waals surface area contributed by atoms with Crippen LogP contribution in [-0.2, 0) is 4.79 Å². The van der Waals surface area contributed by atoms with E-state index < -0.39 is 0 Å². The van der Waals surface area contributed by atoms with E-state index in [1.165, 1.54) is 0 Å². The summed E-state index contributed by atoms with van der Waals surface area (Å²) in [4.78, 5) is 13.2. The first-order valence-electron chi connectivity index (χ1n) is 4.78. The van der Waals surface area contributed by atoms with Gasteiger partial charge in [0.2, 0.25) is 5.91 Å². The third-order valence-corrected chi connectivity index (χ3v) is 2.75. The smallest absolute Gasteiger partial charge is 0.217 e. The Balaban J connectivity index is 2.18. The molecule has 4 heteroatoms. The van der Waals surface area contributed by atoms with Crippen molar-refractivity contribution in [1.29, 1.82) is 0 Å². The molecule has 0 aliphatic carbocycles. The Morgan fingerprint density at radius 1 is 1.54 bits per heavy atom. The molecule has 1 rings (SSSR count). The molecule has 0 aromatic rings. The van der Waals surface area contributed by atoms with Gasteiger partial charge in [-0.3, -0.25) is 4.79 Å². The van der Waals surface area contributed by atoms with Crippen LogP contribution in [0.4, 0.5) is 0 Å². The number of nitrogens with zero attached hydrogens (tertiary/aromatic N) is 1. The molecule has 0 spiro atoms. The average Bonchev–Trinajstić information content (AvgIpc) is 2.08. The van der Waals surface area contributed by atoms with Crippen molar-refractivity contribution in [3.8, 4) is 0 Å². The van der Waals surface area contributed by atoms with E-state index in [0.29, 0.717) is 6.04 Å². The highest BCUT2D eigenvalue weighted by atomic mass is 79.9. The summed E-state index contributed by atoms with van der Waals surface area (Å²) in [6, 6.07) is 0.407. The highest BCUT2D eigenvalue weighted by Gasteiger charge is 2.18. The minimum atomic E-state index is 0.0962. The van der Waals surface area contributed by atoms with Gasteiger partial charge >= 0.3 is 0 Å². The lowest BCUT2D eigenvalue weighted by Gasteiger charge is -2.31. The molecule has 0 atom stereocenters. The van der Waals surface area contributed by atoms with Crippen LogP contribution in [0, 0.1) is 0 Å². The second kappa shape index (κ2) is 5.60. The highest BCUT2D eigenvalue weighted by Crippen LogP contribution is 2.09. The van der Waals surface area contributed by atoms with Crippen molar-refractivity contribution in [2.24, 2.45) is 0 Å². The van der Waals surface area contributed by atoms with Crippen LogP contribution < -0.4 is 5.32 Å². The van der Waals surface area contributed by atoms with Crippen molar-refractivity contribution in [3.63, 3.8) is 0 Å². The maximum Gasteiger partial charge on any atom is 0.217 e. The molecule has 1 amide bonds. The summed E-state index contributed by atoms with van der Waals surface area (Å²) < 4.78 is 0. The molecule has 0 aromatic heterocycles. The topological polar surface area (TPSA) is 32.3 Å². The molecule has 1 aliphatic heterocycles. The quantitative estimate of drug-likeness (QED) is 0.756. The molecule has 1 aliphatic rings. The SMILES string of the molecule is CC(=O)NC1CCN(CCBr)CC1. The van der Waals surface area contributed by atoms with E-state index in [1.807, 2.05) is 0 Å². The predicted octanol–water partition coefficient (Wildman–Crippen LogP) is 0.982. The van der Waals surface area contributed by atoms with E-state index >= 15 is 0 Å². The maximum atomic E-state index is 10.8. The van der Waals surface area contributed by atoms with Gasteiger partial charge in [0.25, 0.3) is 0 Å². The fourth-order valence-corrected chi connectivity index (χ4v) is 2.21. The number of piperidine rings is 1. The van der Waals surface area contributed by atoms with E-state index in [1.54, 1.807) is 6.92 Å². The first kappa shape index (κ1) is 11.0. The summed E-state index contributed by atoms with van der Waals surface area (Å²) in [7, 11) is 0. The van der Waals surface area contributed by atoms with Crippen LogP contribution in [0.2, 0.25) is 0 Å². The molecular weight excluding hydrogens is 232 g/mol. The molecule has 0 radical (unpaired) electrons. The van der Waals surface area contributed by atoms with Gasteiger partial charge in [0, 0.05) is 37.9 Å². The van der Waals surface area contributed by atoms with Crippen molar-refractivity contribution >= 4 is 21.8 Å². The number of carbonyl (C=O) groups is 1. The fourth-order valence-electron chi connectivity index (χ4n) is 1.71. The second-order valence-corrected chi connectivity index (χ2v) is 4.30. The molecule has 13 heavy (non-hydrogen) atoms. The van der Waals surface area contributed by atoms with Crippen LogP contribution in [0.25, 0.3) is 0 Å². The standard InChI is InChI=1S/C9H17BrN2O/c1-8(13)11-9-2-5-12(6-3-9)7-4-10/h9H,2-7H2,1H3,(H,11,13). The maximum absolute atomic E-state index is 10.8. The van der Waals surface area contributed by atoms with Gasteiger partial charge in [-0.15, -0.1) is 0 Å². The average molecular weight is 249 g/mol. The van der Waals surface area contributed by atoms with Gasteiger partial charge in [-0.1, -0.05) is 15.9 Å².